The third-order valence-electron chi connectivity index (χ3n) is 8.42. The minimum atomic E-state index is 0.696. The Labute approximate surface area is 235 Å². The van der Waals surface area contributed by atoms with Crippen molar-refractivity contribution in [2.75, 3.05) is 7.11 Å². The van der Waals surface area contributed by atoms with Crippen LogP contribution in [0.3, 0.4) is 0 Å². The maximum atomic E-state index is 5.57. The molecular weight excluding hydrogens is 492 g/mol. The van der Waals surface area contributed by atoms with Crippen molar-refractivity contribution < 1.29 is 4.74 Å². The van der Waals surface area contributed by atoms with Crippen LogP contribution in [0.2, 0.25) is 0 Å². The molecule has 6 aromatic rings. The van der Waals surface area contributed by atoms with Gasteiger partial charge in [0.15, 0.2) is 11.6 Å². The van der Waals surface area contributed by atoms with E-state index in [2.05, 4.69) is 107 Å². The molecule has 0 N–H and O–H groups in total. The number of para-hydroxylation sites is 1. The topological polar surface area (TPSA) is 52.8 Å². The highest BCUT2D eigenvalue weighted by molar-refractivity contribution is 6.10. The van der Waals surface area contributed by atoms with E-state index in [4.69, 9.17) is 14.7 Å². The molecule has 200 valence electrons. The quantitative estimate of drug-likeness (QED) is 0.231. The minimum Gasteiger partial charge on any atom is -0.497 e. The lowest BCUT2D eigenvalue weighted by Gasteiger charge is -2.20. The van der Waals surface area contributed by atoms with E-state index in [1.54, 1.807) is 13.4 Å². The molecule has 2 heterocycles. The van der Waals surface area contributed by atoms with Gasteiger partial charge in [-0.3, -0.25) is 0 Å². The van der Waals surface area contributed by atoms with Gasteiger partial charge in [0.2, 0.25) is 0 Å². The van der Waals surface area contributed by atoms with Crippen LogP contribution in [0.25, 0.3) is 50.3 Å². The van der Waals surface area contributed by atoms with Gasteiger partial charge < -0.3 is 9.30 Å². The number of benzene rings is 4. The Morgan fingerprint density at radius 2 is 1.23 bits per heavy atom. The third-order valence-corrected chi connectivity index (χ3v) is 8.42. The van der Waals surface area contributed by atoms with Gasteiger partial charge in [0.25, 0.3) is 0 Å². The average Bonchev–Trinajstić information content (AvgIpc) is 3.25. The summed E-state index contributed by atoms with van der Waals surface area (Å²) >= 11 is 0. The van der Waals surface area contributed by atoms with E-state index in [0.717, 1.165) is 50.5 Å². The highest BCUT2D eigenvalue weighted by atomic mass is 16.5. The normalized spacial score (nSPS) is 11.5. The van der Waals surface area contributed by atoms with Gasteiger partial charge in [0, 0.05) is 21.9 Å². The fraction of sp³-hybridized carbons (Fsp3) is 0.229. The molecule has 0 unspecified atom stereocenters. The number of fused-ring (bicyclic) bond motifs is 3. The predicted octanol–water partition coefficient (Wildman–Crippen LogP) is 8.47. The standard InChI is InChI=1S/C35H34N4O/c1-19-15-20(2)24(6)32(23(19)5)35-37-18-36-34(38-35)31-21(3)16-22(4)33(25(31)7)39-29-12-10-9-11-27(29)28-17-26(40-8)13-14-30(28)39/h9-18H,1-8H3. The SMILES string of the molecule is COc1ccc2c(c1)c1ccccc1n2-c1c(C)cc(C)c(-c2ncnc(-c3c(C)c(C)cc(C)c3C)n2)c1C. The third kappa shape index (κ3) is 3.88. The Kier molecular flexibility index (Phi) is 6.18. The summed E-state index contributed by atoms with van der Waals surface area (Å²) in [5, 5.41) is 2.36. The van der Waals surface area contributed by atoms with Crippen molar-refractivity contribution in [3.05, 3.63) is 99.9 Å². The largest absolute Gasteiger partial charge is 0.497 e. The molecule has 0 bridgehead atoms. The van der Waals surface area contributed by atoms with Gasteiger partial charge in [0.1, 0.15) is 12.1 Å². The van der Waals surface area contributed by atoms with Crippen LogP contribution in [0.5, 0.6) is 5.75 Å². The fourth-order valence-corrected chi connectivity index (χ4v) is 6.27. The molecule has 4 aromatic carbocycles. The molecule has 6 rings (SSSR count). The van der Waals surface area contributed by atoms with E-state index >= 15 is 0 Å². The zero-order valence-electron chi connectivity index (χ0n) is 24.5. The molecule has 5 nitrogen and oxygen atoms in total. The number of methoxy groups -OCH3 is 1. The number of ether oxygens (including phenoxy) is 1. The highest BCUT2D eigenvalue weighted by Gasteiger charge is 2.22. The van der Waals surface area contributed by atoms with Crippen molar-refractivity contribution in [3.8, 4) is 34.2 Å². The number of rotatable bonds is 4. The Hall–Kier alpha value is -4.51. The zero-order chi connectivity index (χ0) is 28.3. The first-order chi connectivity index (χ1) is 19.2. The second-order valence-corrected chi connectivity index (χ2v) is 10.9. The number of hydrogen-bond donors (Lipinski definition) is 0. The molecule has 0 saturated carbocycles. The smallest absolute Gasteiger partial charge is 0.163 e. The van der Waals surface area contributed by atoms with Crippen LogP contribution >= 0.6 is 0 Å². The summed E-state index contributed by atoms with van der Waals surface area (Å²) in [7, 11) is 1.71. The summed E-state index contributed by atoms with van der Waals surface area (Å²) in [6.07, 6.45) is 1.65. The number of nitrogens with zero attached hydrogens (tertiary/aromatic N) is 4. The van der Waals surface area contributed by atoms with Gasteiger partial charge in [-0.15, -0.1) is 0 Å². The molecular formula is C35H34N4O. The van der Waals surface area contributed by atoms with Crippen molar-refractivity contribution >= 4 is 21.8 Å². The summed E-state index contributed by atoms with van der Waals surface area (Å²) in [6.45, 7) is 15.1. The monoisotopic (exact) mass is 526 g/mol. The van der Waals surface area contributed by atoms with E-state index in [0.29, 0.717) is 5.82 Å². The lowest BCUT2D eigenvalue weighted by molar-refractivity contribution is 0.415. The van der Waals surface area contributed by atoms with Crippen molar-refractivity contribution in [2.45, 2.75) is 48.5 Å². The number of aromatic nitrogens is 4. The molecule has 5 heteroatoms. The lowest BCUT2D eigenvalue weighted by atomic mass is 9.93. The Morgan fingerprint density at radius 1 is 0.600 bits per heavy atom. The van der Waals surface area contributed by atoms with Crippen LogP contribution in [0, 0.1) is 48.5 Å². The molecule has 0 aliphatic rings. The van der Waals surface area contributed by atoms with Gasteiger partial charge in [0.05, 0.1) is 23.8 Å². The molecule has 0 atom stereocenters. The minimum absolute atomic E-state index is 0.696. The van der Waals surface area contributed by atoms with E-state index in [9.17, 15) is 0 Å². The molecule has 0 spiro atoms. The van der Waals surface area contributed by atoms with Crippen LogP contribution < -0.4 is 4.74 Å². The lowest BCUT2D eigenvalue weighted by Crippen LogP contribution is -2.06. The van der Waals surface area contributed by atoms with Crippen LogP contribution in [-0.2, 0) is 0 Å². The molecule has 40 heavy (non-hydrogen) atoms. The van der Waals surface area contributed by atoms with Crippen molar-refractivity contribution in [1.29, 1.82) is 0 Å². The Bertz CT molecular complexity index is 1940. The molecule has 0 radical (unpaired) electrons. The average molecular weight is 527 g/mol. The molecule has 0 aliphatic carbocycles. The summed E-state index contributed by atoms with van der Waals surface area (Å²) in [6, 6.07) is 19.4. The first-order valence-corrected chi connectivity index (χ1v) is 13.7. The molecule has 0 fully saturated rings. The first kappa shape index (κ1) is 25.8. The number of hydrogen-bond acceptors (Lipinski definition) is 4. The zero-order valence-corrected chi connectivity index (χ0v) is 24.5. The van der Waals surface area contributed by atoms with Gasteiger partial charge in [-0.05, 0) is 112 Å². The summed E-state index contributed by atoms with van der Waals surface area (Å²) in [5.74, 6) is 2.27. The maximum Gasteiger partial charge on any atom is 0.163 e. The second-order valence-electron chi connectivity index (χ2n) is 10.9. The van der Waals surface area contributed by atoms with Crippen molar-refractivity contribution in [2.24, 2.45) is 0 Å². The van der Waals surface area contributed by atoms with Crippen LogP contribution in [-0.4, -0.2) is 26.6 Å². The summed E-state index contributed by atoms with van der Waals surface area (Å²) < 4.78 is 7.95. The summed E-state index contributed by atoms with van der Waals surface area (Å²) in [5.41, 5.74) is 14.0. The van der Waals surface area contributed by atoms with Gasteiger partial charge in [-0.2, -0.15) is 0 Å². The van der Waals surface area contributed by atoms with Crippen molar-refractivity contribution in [3.63, 3.8) is 0 Å². The number of aryl methyl sites for hydroxylation is 4. The van der Waals surface area contributed by atoms with Crippen LogP contribution in [0.15, 0.2) is 60.9 Å². The van der Waals surface area contributed by atoms with Gasteiger partial charge in [-0.1, -0.05) is 30.3 Å². The first-order valence-electron chi connectivity index (χ1n) is 13.7. The predicted molar refractivity (Wildman–Crippen MR) is 165 cm³/mol. The van der Waals surface area contributed by atoms with Crippen LogP contribution in [0.4, 0.5) is 0 Å². The van der Waals surface area contributed by atoms with E-state index in [1.807, 2.05) is 6.07 Å². The van der Waals surface area contributed by atoms with Crippen LogP contribution in [0.1, 0.15) is 38.9 Å². The van der Waals surface area contributed by atoms with E-state index in [1.165, 1.54) is 38.6 Å². The second kappa shape index (κ2) is 9.60. The van der Waals surface area contributed by atoms with E-state index in [-0.39, 0.29) is 0 Å². The Balaban J connectivity index is 1.63. The molecule has 2 aromatic heterocycles. The molecule has 0 saturated heterocycles. The molecule has 0 amide bonds. The van der Waals surface area contributed by atoms with Gasteiger partial charge >= 0.3 is 0 Å². The highest BCUT2D eigenvalue weighted by Crippen LogP contribution is 2.39. The van der Waals surface area contributed by atoms with Gasteiger partial charge in [-0.25, -0.2) is 15.0 Å². The maximum absolute atomic E-state index is 5.57. The van der Waals surface area contributed by atoms with Crippen molar-refractivity contribution in [1.82, 2.24) is 19.5 Å². The van der Waals surface area contributed by atoms with E-state index < -0.39 is 0 Å². The Morgan fingerprint density at radius 3 is 1.93 bits per heavy atom. The summed E-state index contributed by atoms with van der Waals surface area (Å²) in [4.78, 5) is 14.4. The molecule has 0 aliphatic heterocycles. The fourth-order valence-electron chi connectivity index (χ4n) is 6.27.